The highest BCUT2D eigenvalue weighted by atomic mass is 16.5. The first-order valence-corrected chi connectivity index (χ1v) is 14.6. The second-order valence-corrected chi connectivity index (χ2v) is 11.4. The fourth-order valence-electron chi connectivity index (χ4n) is 7.13. The summed E-state index contributed by atoms with van der Waals surface area (Å²) in [4.78, 5) is 43.4. The average Bonchev–Trinajstić information content (AvgIpc) is 3.51. The summed E-state index contributed by atoms with van der Waals surface area (Å²) in [6.45, 7) is 7.08. The van der Waals surface area contributed by atoms with Gasteiger partial charge in [-0.15, -0.1) is 0 Å². The molecule has 210 valence electrons. The van der Waals surface area contributed by atoms with E-state index in [0.717, 1.165) is 44.1 Å². The minimum atomic E-state index is -0.983. The van der Waals surface area contributed by atoms with Gasteiger partial charge in [0.25, 0.3) is 0 Å². The van der Waals surface area contributed by atoms with Crippen LogP contribution in [0.3, 0.4) is 0 Å². The first kappa shape index (κ1) is 28.6. The zero-order valence-corrected chi connectivity index (χ0v) is 23.2. The minimum absolute atomic E-state index is 0.00633. The molecule has 1 spiro atoms. The Bertz CT molecular complexity index is 987. The van der Waals surface area contributed by atoms with Crippen molar-refractivity contribution in [1.82, 2.24) is 15.5 Å². The first-order chi connectivity index (χ1) is 18.3. The van der Waals surface area contributed by atoms with E-state index in [1.165, 1.54) is 0 Å². The largest absolute Gasteiger partial charge is 0.396 e. The smallest absolute Gasteiger partial charge is 0.246 e. The zero-order chi connectivity index (χ0) is 27.3. The minimum Gasteiger partial charge on any atom is -0.396 e. The van der Waals surface area contributed by atoms with Crippen molar-refractivity contribution in [2.75, 3.05) is 13.2 Å². The molecule has 3 unspecified atom stereocenters. The fraction of sp³-hybridized carbons (Fsp3) is 0.700. The lowest BCUT2D eigenvalue weighted by atomic mass is 9.65. The molecule has 3 heterocycles. The molecule has 6 atom stereocenters. The Kier molecular flexibility index (Phi) is 9.14. The normalized spacial score (nSPS) is 30.4. The van der Waals surface area contributed by atoms with Crippen LogP contribution < -0.4 is 10.6 Å². The number of ether oxygens (including phenoxy) is 1. The van der Waals surface area contributed by atoms with Gasteiger partial charge in [-0.05, 0) is 51.0 Å². The van der Waals surface area contributed by atoms with Crippen LogP contribution in [0.5, 0.6) is 0 Å². The number of benzene rings is 1. The van der Waals surface area contributed by atoms with Crippen molar-refractivity contribution < 1.29 is 24.2 Å². The van der Waals surface area contributed by atoms with E-state index in [1.54, 1.807) is 4.90 Å². The molecule has 1 aromatic rings. The lowest BCUT2D eigenvalue weighted by Gasteiger charge is -2.34. The number of hydrogen-bond acceptors (Lipinski definition) is 5. The number of aliphatic hydroxyl groups is 1. The predicted octanol–water partition coefficient (Wildman–Crippen LogP) is 3.32. The topological polar surface area (TPSA) is 108 Å². The second kappa shape index (κ2) is 12.2. The summed E-state index contributed by atoms with van der Waals surface area (Å²) in [6, 6.07) is 8.99. The van der Waals surface area contributed by atoms with Gasteiger partial charge in [-0.3, -0.25) is 14.4 Å². The molecule has 4 rings (SSSR count). The second-order valence-electron chi connectivity index (χ2n) is 11.4. The van der Waals surface area contributed by atoms with Gasteiger partial charge < -0.3 is 25.4 Å². The molecule has 8 nitrogen and oxygen atoms in total. The van der Waals surface area contributed by atoms with E-state index < -0.39 is 29.1 Å². The average molecular weight is 528 g/mol. The first-order valence-electron chi connectivity index (χ1n) is 14.6. The van der Waals surface area contributed by atoms with Gasteiger partial charge in [-0.2, -0.15) is 0 Å². The molecule has 38 heavy (non-hydrogen) atoms. The Balaban J connectivity index is 1.61. The van der Waals surface area contributed by atoms with Crippen LogP contribution in [-0.4, -0.2) is 64.2 Å². The van der Waals surface area contributed by atoms with Crippen LogP contribution in [0.2, 0.25) is 0 Å². The molecule has 2 bridgehead atoms. The predicted molar refractivity (Wildman–Crippen MR) is 145 cm³/mol. The maximum atomic E-state index is 14.1. The van der Waals surface area contributed by atoms with E-state index in [1.807, 2.05) is 44.2 Å². The molecule has 3 N–H and O–H groups in total. The van der Waals surface area contributed by atoms with Crippen LogP contribution in [0.4, 0.5) is 0 Å². The molecule has 3 aliphatic heterocycles. The van der Waals surface area contributed by atoms with Gasteiger partial charge >= 0.3 is 0 Å². The maximum absolute atomic E-state index is 14.1. The number of nitrogens with zero attached hydrogens (tertiary/aromatic N) is 1. The monoisotopic (exact) mass is 527 g/mol. The summed E-state index contributed by atoms with van der Waals surface area (Å²) in [5, 5.41) is 15.3. The number of rotatable bonds is 14. The van der Waals surface area contributed by atoms with Gasteiger partial charge in [0, 0.05) is 25.7 Å². The van der Waals surface area contributed by atoms with Gasteiger partial charge in [0.15, 0.2) is 0 Å². The van der Waals surface area contributed by atoms with Crippen LogP contribution in [-0.2, 0) is 25.7 Å². The molecule has 0 aliphatic carbocycles. The summed E-state index contributed by atoms with van der Waals surface area (Å²) in [5.41, 5.74) is -0.722. The third-order valence-electron chi connectivity index (χ3n) is 8.94. The molecular formula is C30H45N3O5. The van der Waals surface area contributed by atoms with Crippen molar-refractivity contribution in [2.45, 2.75) is 108 Å². The third-order valence-corrected chi connectivity index (χ3v) is 8.94. The van der Waals surface area contributed by atoms with Gasteiger partial charge in [0.1, 0.15) is 11.6 Å². The van der Waals surface area contributed by atoms with E-state index in [0.29, 0.717) is 32.4 Å². The van der Waals surface area contributed by atoms with Crippen LogP contribution >= 0.6 is 0 Å². The molecule has 3 fully saturated rings. The van der Waals surface area contributed by atoms with Crippen molar-refractivity contribution >= 4 is 17.7 Å². The van der Waals surface area contributed by atoms with Crippen molar-refractivity contribution in [1.29, 1.82) is 0 Å². The van der Waals surface area contributed by atoms with Gasteiger partial charge in [0.05, 0.1) is 17.4 Å². The number of amides is 3. The van der Waals surface area contributed by atoms with E-state index in [4.69, 9.17) is 9.84 Å². The third kappa shape index (κ3) is 5.22. The van der Waals surface area contributed by atoms with Crippen LogP contribution in [0.1, 0.15) is 84.1 Å². The highest BCUT2D eigenvalue weighted by Gasteiger charge is 2.78. The summed E-state index contributed by atoms with van der Waals surface area (Å²) >= 11 is 0. The molecule has 0 radical (unpaired) electrons. The zero-order valence-electron chi connectivity index (χ0n) is 23.2. The van der Waals surface area contributed by atoms with Gasteiger partial charge in [-0.25, -0.2) is 0 Å². The number of carbonyl (C=O) groups excluding carboxylic acids is 3. The SMILES string of the molecule is CCCC(C)NC(=O)C1N(CCCCCCO)C(=O)[C@@H]2[C@@H](C(=O)NCc3ccccc3)[C@@]3(CC)CCC12O3. The van der Waals surface area contributed by atoms with E-state index in [-0.39, 0.29) is 30.4 Å². The van der Waals surface area contributed by atoms with E-state index in [9.17, 15) is 14.4 Å². The summed E-state index contributed by atoms with van der Waals surface area (Å²) in [7, 11) is 0. The van der Waals surface area contributed by atoms with E-state index >= 15 is 0 Å². The van der Waals surface area contributed by atoms with Crippen LogP contribution in [0.15, 0.2) is 30.3 Å². The van der Waals surface area contributed by atoms with Crippen molar-refractivity contribution in [3.8, 4) is 0 Å². The summed E-state index contributed by atoms with van der Waals surface area (Å²) < 4.78 is 6.81. The molecule has 3 aliphatic rings. The van der Waals surface area contributed by atoms with Crippen LogP contribution in [0.25, 0.3) is 0 Å². The number of hydrogen-bond donors (Lipinski definition) is 3. The Labute approximate surface area is 226 Å². The Hall–Kier alpha value is -2.45. The van der Waals surface area contributed by atoms with Gasteiger partial charge in [0.2, 0.25) is 17.7 Å². The summed E-state index contributed by atoms with van der Waals surface area (Å²) in [6.07, 6.45) is 6.89. The number of carbonyl (C=O) groups is 3. The number of unbranched alkanes of at least 4 members (excludes halogenated alkanes) is 3. The van der Waals surface area contributed by atoms with Gasteiger partial charge in [-0.1, -0.05) is 63.4 Å². The lowest BCUT2D eigenvalue weighted by molar-refractivity contribution is -0.148. The standard InChI is InChI=1S/C30H45N3O5/c1-4-13-21(3)32-27(36)25-30-17-16-29(5-2,38-30)23(26(35)31-20-22-14-9-8-10-15-22)24(30)28(37)33(25)18-11-6-7-12-19-34/h8-10,14-15,21,23-25,34H,4-7,11-13,16-20H2,1-3H3,(H,31,35)(H,32,36)/t21?,23-,24-,25?,29+,30?/m0/s1. The Morgan fingerprint density at radius 3 is 2.53 bits per heavy atom. The molecular weight excluding hydrogens is 482 g/mol. The number of fused-ring (bicyclic) bond motifs is 1. The molecule has 1 aromatic carbocycles. The highest BCUT2D eigenvalue weighted by molar-refractivity contribution is 5.99. The number of aliphatic hydroxyl groups excluding tert-OH is 1. The number of likely N-dealkylation sites (tertiary alicyclic amines) is 1. The Morgan fingerprint density at radius 1 is 1.11 bits per heavy atom. The molecule has 3 amide bonds. The van der Waals surface area contributed by atoms with E-state index in [2.05, 4.69) is 17.6 Å². The van der Waals surface area contributed by atoms with Crippen LogP contribution in [0, 0.1) is 11.8 Å². The van der Waals surface area contributed by atoms with Crippen molar-refractivity contribution in [2.24, 2.45) is 11.8 Å². The molecule has 0 saturated carbocycles. The van der Waals surface area contributed by atoms with Crippen molar-refractivity contribution in [3.63, 3.8) is 0 Å². The van der Waals surface area contributed by atoms with Crippen molar-refractivity contribution in [3.05, 3.63) is 35.9 Å². The molecule has 0 aromatic heterocycles. The highest BCUT2D eigenvalue weighted by Crippen LogP contribution is 2.64. The fourth-order valence-corrected chi connectivity index (χ4v) is 7.13. The quantitative estimate of drug-likeness (QED) is 0.322. The maximum Gasteiger partial charge on any atom is 0.246 e. The number of nitrogens with one attached hydrogen (secondary N) is 2. The molecule has 3 saturated heterocycles. The summed E-state index contributed by atoms with van der Waals surface area (Å²) in [5.74, 6) is -1.76. The Morgan fingerprint density at radius 2 is 1.84 bits per heavy atom. The lowest BCUT2D eigenvalue weighted by Crippen LogP contribution is -2.56. The molecule has 8 heteroatoms.